The van der Waals surface area contributed by atoms with Crippen LogP contribution in [0.3, 0.4) is 0 Å². The molecular weight excluding hydrogens is 396 g/mol. The minimum absolute atomic E-state index is 0.146. The topological polar surface area (TPSA) is 108 Å². The summed E-state index contributed by atoms with van der Waals surface area (Å²) in [6.45, 7) is 0. The monoisotopic (exact) mass is 418 g/mol. The van der Waals surface area contributed by atoms with Crippen LogP contribution in [0.4, 0.5) is 0 Å². The van der Waals surface area contributed by atoms with Crippen LogP contribution < -0.4 is 10.1 Å². The summed E-state index contributed by atoms with van der Waals surface area (Å²) in [7, 11) is 3.51. The molecule has 0 fully saturated rings. The van der Waals surface area contributed by atoms with Crippen molar-refractivity contribution in [3.05, 3.63) is 78.5 Å². The van der Waals surface area contributed by atoms with E-state index < -0.39 is 6.04 Å². The number of rotatable bonds is 8. The number of aryl methyl sites for hydroxylation is 2. The molecule has 0 aliphatic heterocycles. The van der Waals surface area contributed by atoms with Crippen molar-refractivity contribution in [3.63, 3.8) is 0 Å². The predicted octanol–water partition coefficient (Wildman–Crippen LogP) is 2.71. The molecule has 3 aromatic heterocycles. The standard InChI is InChI=1S/C22H22N6O3/c1-28-14-13-24-22(28)20(15-3-5-17(30-2)6-4-15)25-18(29)7-8-19-26-21(27-31-19)16-9-11-23-12-10-16/h3-6,9-14,20H,7-8H2,1-2H3,(H,25,29)/t20-/m0/s1. The van der Waals surface area contributed by atoms with Gasteiger partial charge in [-0.25, -0.2) is 4.98 Å². The maximum Gasteiger partial charge on any atom is 0.227 e. The van der Waals surface area contributed by atoms with Crippen LogP contribution in [0.2, 0.25) is 0 Å². The normalized spacial score (nSPS) is 11.8. The van der Waals surface area contributed by atoms with Crippen LogP contribution in [0.1, 0.15) is 29.7 Å². The van der Waals surface area contributed by atoms with E-state index in [1.165, 1.54) is 0 Å². The fraction of sp³-hybridized carbons (Fsp3) is 0.227. The molecule has 3 heterocycles. The third-order valence-corrected chi connectivity index (χ3v) is 4.84. The molecule has 158 valence electrons. The van der Waals surface area contributed by atoms with Crippen LogP contribution in [-0.4, -0.2) is 37.7 Å². The molecule has 0 spiro atoms. The Morgan fingerprint density at radius 2 is 1.94 bits per heavy atom. The summed E-state index contributed by atoms with van der Waals surface area (Å²) < 4.78 is 12.4. The molecule has 9 nitrogen and oxygen atoms in total. The Morgan fingerprint density at radius 1 is 1.16 bits per heavy atom. The zero-order chi connectivity index (χ0) is 21.6. The lowest BCUT2D eigenvalue weighted by Crippen LogP contribution is -2.31. The summed E-state index contributed by atoms with van der Waals surface area (Å²) in [6.07, 6.45) is 7.41. The van der Waals surface area contributed by atoms with Gasteiger partial charge in [0.05, 0.1) is 7.11 Å². The first-order valence-electron chi connectivity index (χ1n) is 9.77. The maximum atomic E-state index is 12.7. The third-order valence-electron chi connectivity index (χ3n) is 4.84. The van der Waals surface area contributed by atoms with Gasteiger partial charge in [0.15, 0.2) is 0 Å². The van der Waals surface area contributed by atoms with Gasteiger partial charge in [-0.05, 0) is 29.8 Å². The Kier molecular flexibility index (Phi) is 6.02. The summed E-state index contributed by atoms with van der Waals surface area (Å²) in [5, 5.41) is 7.03. The molecule has 0 saturated heterocycles. The number of nitrogens with zero attached hydrogens (tertiary/aromatic N) is 5. The molecule has 0 radical (unpaired) electrons. The molecule has 4 rings (SSSR count). The molecular formula is C22H22N6O3. The number of benzene rings is 1. The van der Waals surface area contributed by atoms with Gasteiger partial charge >= 0.3 is 0 Å². The predicted molar refractivity (Wildman–Crippen MR) is 112 cm³/mol. The van der Waals surface area contributed by atoms with Gasteiger partial charge in [0.1, 0.15) is 17.6 Å². The van der Waals surface area contributed by atoms with E-state index >= 15 is 0 Å². The van der Waals surface area contributed by atoms with Crippen molar-refractivity contribution in [2.24, 2.45) is 7.05 Å². The summed E-state index contributed by atoms with van der Waals surface area (Å²) in [6, 6.07) is 10.7. The zero-order valence-electron chi connectivity index (χ0n) is 17.2. The van der Waals surface area contributed by atoms with E-state index in [2.05, 4.69) is 25.4 Å². The van der Waals surface area contributed by atoms with Crippen molar-refractivity contribution in [1.29, 1.82) is 0 Å². The summed E-state index contributed by atoms with van der Waals surface area (Å²) in [4.78, 5) is 25.5. The lowest BCUT2D eigenvalue weighted by Gasteiger charge is -2.19. The number of amides is 1. The average Bonchev–Trinajstić information content (AvgIpc) is 3.46. The van der Waals surface area contributed by atoms with Gasteiger partial charge in [0.2, 0.25) is 17.6 Å². The quantitative estimate of drug-likeness (QED) is 0.469. The molecule has 1 amide bonds. The Labute approximate surface area is 179 Å². The molecule has 1 N–H and O–H groups in total. The van der Waals surface area contributed by atoms with Crippen LogP contribution in [0.5, 0.6) is 5.75 Å². The largest absolute Gasteiger partial charge is 0.497 e. The third kappa shape index (κ3) is 4.77. The van der Waals surface area contributed by atoms with E-state index in [4.69, 9.17) is 9.26 Å². The van der Waals surface area contributed by atoms with E-state index in [-0.39, 0.29) is 12.3 Å². The summed E-state index contributed by atoms with van der Waals surface area (Å²) in [5.41, 5.74) is 1.71. The first-order valence-corrected chi connectivity index (χ1v) is 9.77. The molecule has 0 saturated carbocycles. The average molecular weight is 418 g/mol. The number of carbonyl (C=O) groups excluding carboxylic acids is 1. The zero-order valence-corrected chi connectivity index (χ0v) is 17.2. The lowest BCUT2D eigenvalue weighted by molar-refractivity contribution is -0.121. The van der Waals surface area contributed by atoms with Crippen molar-refractivity contribution < 1.29 is 14.1 Å². The van der Waals surface area contributed by atoms with Gasteiger partial charge in [0.25, 0.3) is 0 Å². The smallest absolute Gasteiger partial charge is 0.227 e. The van der Waals surface area contributed by atoms with E-state index in [0.717, 1.165) is 22.7 Å². The number of ether oxygens (including phenoxy) is 1. The SMILES string of the molecule is COc1ccc([C@H](NC(=O)CCc2nc(-c3ccncc3)no2)c2nccn2C)cc1. The van der Waals surface area contributed by atoms with Crippen LogP contribution in [0, 0.1) is 0 Å². The molecule has 0 unspecified atom stereocenters. The highest BCUT2D eigenvalue weighted by Gasteiger charge is 2.21. The Hall–Kier alpha value is -4.01. The van der Waals surface area contributed by atoms with Crippen molar-refractivity contribution in [2.75, 3.05) is 7.11 Å². The van der Waals surface area contributed by atoms with Crippen LogP contribution in [-0.2, 0) is 18.3 Å². The highest BCUT2D eigenvalue weighted by atomic mass is 16.5. The molecule has 31 heavy (non-hydrogen) atoms. The molecule has 1 atom stereocenters. The van der Waals surface area contributed by atoms with E-state index in [9.17, 15) is 4.79 Å². The van der Waals surface area contributed by atoms with Gasteiger partial charge in [-0.1, -0.05) is 17.3 Å². The Morgan fingerprint density at radius 3 is 2.61 bits per heavy atom. The first kappa shape index (κ1) is 20.3. The highest BCUT2D eigenvalue weighted by Crippen LogP contribution is 2.23. The van der Waals surface area contributed by atoms with Crippen molar-refractivity contribution in [1.82, 2.24) is 30.0 Å². The van der Waals surface area contributed by atoms with Gasteiger partial charge in [-0.2, -0.15) is 4.98 Å². The second-order valence-corrected chi connectivity index (χ2v) is 6.92. The lowest BCUT2D eigenvalue weighted by atomic mass is 10.1. The molecule has 0 aliphatic rings. The van der Waals surface area contributed by atoms with Crippen molar-refractivity contribution in [2.45, 2.75) is 18.9 Å². The van der Waals surface area contributed by atoms with Crippen molar-refractivity contribution >= 4 is 5.91 Å². The molecule has 0 bridgehead atoms. The van der Waals surface area contributed by atoms with Gasteiger partial charge in [-0.15, -0.1) is 0 Å². The Balaban J connectivity index is 1.44. The number of nitrogens with one attached hydrogen (secondary N) is 1. The maximum absolute atomic E-state index is 12.7. The van der Waals surface area contributed by atoms with Crippen LogP contribution in [0.25, 0.3) is 11.4 Å². The molecule has 1 aromatic carbocycles. The van der Waals surface area contributed by atoms with Gasteiger partial charge in [-0.3, -0.25) is 9.78 Å². The fourth-order valence-electron chi connectivity index (χ4n) is 3.18. The highest BCUT2D eigenvalue weighted by molar-refractivity contribution is 5.77. The van der Waals surface area contributed by atoms with Crippen molar-refractivity contribution in [3.8, 4) is 17.1 Å². The number of hydrogen-bond donors (Lipinski definition) is 1. The number of aromatic nitrogens is 5. The molecule has 9 heteroatoms. The second-order valence-electron chi connectivity index (χ2n) is 6.92. The first-order chi connectivity index (χ1) is 15.1. The molecule has 0 aliphatic carbocycles. The van der Waals surface area contributed by atoms with Crippen LogP contribution >= 0.6 is 0 Å². The number of methoxy groups -OCH3 is 1. The fourth-order valence-corrected chi connectivity index (χ4v) is 3.18. The molecule has 4 aromatic rings. The summed E-state index contributed by atoms with van der Waals surface area (Å²) in [5.74, 6) is 2.21. The number of hydrogen-bond acceptors (Lipinski definition) is 7. The minimum atomic E-state index is -0.395. The van der Waals surface area contributed by atoms with E-state index in [1.54, 1.807) is 37.8 Å². The number of pyridine rings is 1. The van der Waals surface area contributed by atoms with Gasteiger partial charge < -0.3 is 19.1 Å². The van der Waals surface area contributed by atoms with Gasteiger partial charge in [0, 0.05) is 50.2 Å². The van der Waals surface area contributed by atoms with Crippen LogP contribution in [0.15, 0.2) is 65.7 Å². The summed E-state index contributed by atoms with van der Waals surface area (Å²) >= 11 is 0. The Bertz CT molecular complexity index is 1140. The minimum Gasteiger partial charge on any atom is -0.497 e. The second kappa shape index (κ2) is 9.21. The number of carbonyl (C=O) groups is 1. The van der Waals surface area contributed by atoms with E-state index in [0.29, 0.717) is 18.1 Å². The van der Waals surface area contributed by atoms with E-state index in [1.807, 2.05) is 42.1 Å². The number of imidazole rings is 1.